The Morgan fingerprint density at radius 2 is 1.55 bits per heavy atom. The molecular formula is C39H38FN5O3S. The number of hydrogen-bond acceptors (Lipinski definition) is 5. The van der Waals surface area contributed by atoms with Gasteiger partial charge in [-0.1, -0.05) is 104 Å². The summed E-state index contributed by atoms with van der Waals surface area (Å²) >= 11 is 0. The number of amides is 2. The molecule has 5 aromatic rings. The highest BCUT2D eigenvalue weighted by Gasteiger charge is 2.41. The number of aryl methyl sites for hydroxylation is 1. The number of rotatable bonds is 7. The highest BCUT2D eigenvalue weighted by Crippen LogP contribution is 2.44. The van der Waals surface area contributed by atoms with Gasteiger partial charge >= 0.3 is 6.03 Å². The average molecular weight is 676 g/mol. The third kappa shape index (κ3) is 5.57. The van der Waals surface area contributed by atoms with Gasteiger partial charge in [-0.2, -0.15) is 9.46 Å². The Labute approximate surface area is 286 Å². The molecule has 0 fully saturated rings. The monoisotopic (exact) mass is 675 g/mol. The van der Waals surface area contributed by atoms with Crippen molar-refractivity contribution in [2.24, 2.45) is 10.3 Å². The van der Waals surface area contributed by atoms with Crippen molar-refractivity contribution in [1.29, 1.82) is 0 Å². The van der Waals surface area contributed by atoms with Crippen LogP contribution in [0.5, 0.6) is 5.88 Å². The Bertz CT molecular complexity index is 2050. The van der Waals surface area contributed by atoms with Gasteiger partial charge in [0.05, 0.1) is 19.3 Å². The van der Waals surface area contributed by atoms with Crippen molar-refractivity contribution in [3.05, 3.63) is 142 Å². The lowest BCUT2D eigenvalue weighted by molar-refractivity contribution is 0.170. The number of anilines is 1. The molecule has 0 bridgehead atoms. The number of nitrogens with one attached hydrogen (secondary N) is 2. The van der Waals surface area contributed by atoms with Crippen molar-refractivity contribution < 1.29 is 18.1 Å². The lowest BCUT2D eigenvalue weighted by atomic mass is 9.78. The maximum absolute atomic E-state index is 15.9. The Morgan fingerprint density at radius 1 is 0.918 bits per heavy atom. The normalized spacial score (nSPS) is 19.1. The van der Waals surface area contributed by atoms with E-state index in [9.17, 15) is 9.18 Å². The Hall–Kier alpha value is -4.96. The minimum Gasteiger partial charge on any atom is -0.477 e. The first kappa shape index (κ1) is 31.3. The van der Waals surface area contributed by atoms with Crippen LogP contribution >= 0.6 is 0 Å². The maximum atomic E-state index is 15.9. The number of urea groups is 1. The predicted octanol–water partition coefficient (Wildman–Crippen LogP) is 7.39. The molecule has 0 radical (unpaired) electrons. The number of carbonyl (C=O) groups excluding carboxylic acids is 1. The lowest BCUT2D eigenvalue weighted by Gasteiger charge is -2.33. The number of hydrogen-bond donors (Lipinski definition) is 2. The first-order valence-corrected chi connectivity index (χ1v) is 18.4. The van der Waals surface area contributed by atoms with Gasteiger partial charge in [-0.05, 0) is 58.2 Å². The molecule has 0 spiro atoms. The predicted molar refractivity (Wildman–Crippen MR) is 188 cm³/mol. The third-order valence-corrected chi connectivity index (χ3v) is 11.7. The zero-order valence-corrected chi connectivity index (χ0v) is 28.1. The zero-order valence-electron chi connectivity index (χ0n) is 27.3. The molecule has 2 aliphatic carbocycles. The Balaban J connectivity index is 1.34. The molecule has 1 aromatic heterocycles. The van der Waals surface area contributed by atoms with Crippen molar-refractivity contribution >= 4 is 21.6 Å². The van der Waals surface area contributed by atoms with Gasteiger partial charge < -0.3 is 10.1 Å². The molecule has 250 valence electrons. The van der Waals surface area contributed by atoms with E-state index in [2.05, 4.69) is 28.1 Å². The summed E-state index contributed by atoms with van der Waals surface area (Å²) in [7, 11) is -3.86. The van der Waals surface area contributed by atoms with Crippen molar-refractivity contribution in [3.63, 3.8) is 0 Å². The van der Waals surface area contributed by atoms with E-state index in [-0.39, 0.29) is 17.2 Å². The summed E-state index contributed by atoms with van der Waals surface area (Å²) in [5, 5.41) is 7.60. The number of carbonyl (C=O) groups is 1. The van der Waals surface area contributed by atoms with E-state index in [0.717, 1.165) is 58.2 Å². The second kappa shape index (κ2) is 12.5. The minimum absolute atomic E-state index is 0.189. The maximum Gasteiger partial charge on any atom is 0.331 e. The third-order valence-electron chi connectivity index (χ3n) is 9.82. The number of alkyl halides is 1. The van der Waals surface area contributed by atoms with Crippen LogP contribution in [0.2, 0.25) is 0 Å². The minimum atomic E-state index is -3.86. The molecule has 1 aliphatic heterocycles. The van der Waals surface area contributed by atoms with Crippen LogP contribution in [0.15, 0.2) is 113 Å². The molecule has 4 aromatic carbocycles. The fourth-order valence-corrected chi connectivity index (χ4v) is 9.47. The summed E-state index contributed by atoms with van der Waals surface area (Å²) in [5.74, 6) is 0.514. The van der Waals surface area contributed by atoms with Crippen LogP contribution < -0.4 is 14.8 Å². The number of halogens is 1. The van der Waals surface area contributed by atoms with Crippen LogP contribution in [-0.2, 0) is 47.7 Å². The summed E-state index contributed by atoms with van der Waals surface area (Å²) in [6.45, 7) is 3.04. The van der Waals surface area contributed by atoms with E-state index >= 15 is 4.21 Å². The SMILES string of the molecule is C[C@H]1COc2c([S@](=O)(=NC(c3ccccc3)(c3ccccc3)c3ccccc3)NC(=O)Nc3c4c(cc5c3C[C@@H](F)C5)CCC4)cnn2C1. The van der Waals surface area contributed by atoms with Crippen LogP contribution in [0.3, 0.4) is 0 Å². The largest absolute Gasteiger partial charge is 0.477 e. The van der Waals surface area contributed by atoms with Crippen LogP contribution in [0.25, 0.3) is 0 Å². The molecule has 0 unspecified atom stereocenters. The molecule has 2 amide bonds. The van der Waals surface area contributed by atoms with Crippen molar-refractivity contribution in [1.82, 2.24) is 14.5 Å². The highest BCUT2D eigenvalue weighted by atomic mass is 32.2. The molecule has 0 saturated carbocycles. The molecule has 2 N–H and O–H groups in total. The Kier molecular flexibility index (Phi) is 7.98. The first-order chi connectivity index (χ1) is 23.8. The molecular weight excluding hydrogens is 638 g/mol. The van der Waals surface area contributed by atoms with E-state index in [1.54, 1.807) is 4.68 Å². The molecule has 0 saturated heterocycles. The molecule has 3 aliphatic rings. The van der Waals surface area contributed by atoms with Crippen LogP contribution in [0.4, 0.5) is 14.9 Å². The van der Waals surface area contributed by atoms with E-state index in [4.69, 9.17) is 9.10 Å². The van der Waals surface area contributed by atoms with E-state index in [1.165, 1.54) is 6.20 Å². The molecule has 3 atom stereocenters. The number of ether oxygens (including phenoxy) is 1. The summed E-state index contributed by atoms with van der Waals surface area (Å²) in [6, 6.07) is 30.5. The smallest absolute Gasteiger partial charge is 0.331 e. The van der Waals surface area contributed by atoms with Crippen molar-refractivity contribution in [3.8, 4) is 5.88 Å². The average Bonchev–Trinajstić information content (AvgIpc) is 3.86. The topological polar surface area (TPSA) is 97.6 Å². The first-order valence-electron chi connectivity index (χ1n) is 16.9. The second-order valence-corrected chi connectivity index (χ2v) is 15.2. The fourth-order valence-electron chi connectivity index (χ4n) is 7.62. The highest BCUT2D eigenvalue weighted by molar-refractivity contribution is 7.92. The standard InChI is InChI=1S/C39H38FN5O3S/c1-26-24-45-37(48-25-26)35(23-41-45)49(47,43-38(46)42-36-33-19-11-12-27(33)20-28-21-32(40)22-34(28)36)44-39(29-13-5-2-6-14-29,30-15-7-3-8-16-30)31-17-9-4-10-18-31/h2-10,13-18,20,23,26,32H,11-12,19,21-22,24-25H2,1H3,(H2,42,43,44,46,47)/t26-,32+,49-/m1/s1. The number of aromatic nitrogens is 2. The van der Waals surface area contributed by atoms with Gasteiger partial charge in [0.2, 0.25) is 5.88 Å². The van der Waals surface area contributed by atoms with Crippen LogP contribution in [-0.4, -0.2) is 32.8 Å². The summed E-state index contributed by atoms with van der Waals surface area (Å²) in [5.41, 5.74) is 5.53. The molecule has 8 rings (SSSR count). The Morgan fingerprint density at radius 3 is 2.18 bits per heavy atom. The molecule has 10 heteroatoms. The van der Waals surface area contributed by atoms with Crippen molar-refractivity contribution in [2.75, 3.05) is 11.9 Å². The summed E-state index contributed by atoms with van der Waals surface area (Å²) < 4.78 is 46.7. The number of fused-ring (bicyclic) bond motifs is 3. The molecule has 49 heavy (non-hydrogen) atoms. The van der Waals surface area contributed by atoms with Gasteiger partial charge in [-0.15, -0.1) is 0 Å². The molecule has 8 nitrogen and oxygen atoms in total. The fraction of sp³-hybridized carbons (Fsp3) is 0.282. The summed E-state index contributed by atoms with van der Waals surface area (Å²) in [6.07, 6.45) is 3.70. The number of nitrogens with zero attached hydrogens (tertiary/aromatic N) is 3. The quantitative estimate of drug-likeness (QED) is 0.176. The lowest BCUT2D eigenvalue weighted by Crippen LogP contribution is -2.38. The van der Waals surface area contributed by atoms with Crippen LogP contribution in [0, 0.1) is 5.92 Å². The summed E-state index contributed by atoms with van der Waals surface area (Å²) in [4.78, 5) is 14.5. The van der Waals surface area contributed by atoms with E-state index in [0.29, 0.717) is 31.1 Å². The van der Waals surface area contributed by atoms with Crippen LogP contribution in [0.1, 0.15) is 52.3 Å². The second-order valence-electron chi connectivity index (χ2n) is 13.3. The molecule has 2 heterocycles. The van der Waals surface area contributed by atoms with Gasteiger partial charge in [-0.3, -0.25) is 0 Å². The van der Waals surface area contributed by atoms with Gasteiger partial charge in [0, 0.05) is 24.4 Å². The van der Waals surface area contributed by atoms with Crippen molar-refractivity contribution in [2.45, 2.75) is 62.2 Å². The number of benzene rings is 4. The van der Waals surface area contributed by atoms with Gasteiger partial charge in [0.15, 0.2) is 9.92 Å². The van der Waals surface area contributed by atoms with E-state index < -0.39 is 27.7 Å². The van der Waals surface area contributed by atoms with Gasteiger partial charge in [-0.25, -0.2) is 22.8 Å². The van der Waals surface area contributed by atoms with Gasteiger partial charge in [0.1, 0.15) is 16.6 Å². The van der Waals surface area contributed by atoms with E-state index in [1.807, 2.05) is 91.0 Å². The van der Waals surface area contributed by atoms with Gasteiger partial charge in [0.25, 0.3) is 0 Å². The zero-order chi connectivity index (χ0) is 33.6.